The first-order valence-corrected chi connectivity index (χ1v) is 12.8. The molecule has 0 amide bonds. The number of benzene rings is 1. The minimum Gasteiger partial charge on any atom is -0.354 e. The molecule has 0 saturated carbocycles. The van der Waals surface area contributed by atoms with Crippen LogP contribution in [0.15, 0.2) is 34.2 Å². The molecule has 2 aliphatic heterocycles. The lowest BCUT2D eigenvalue weighted by molar-refractivity contribution is 0.206. The van der Waals surface area contributed by atoms with Gasteiger partial charge < -0.3 is 15.5 Å². The zero-order valence-electron chi connectivity index (χ0n) is 18.4. The van der Waals surface area contributed by atoms with E-state index in [-0.39, 0.29) is 0 Å². The van der Waals surface area contributed by atoms with Gasteiger partial charge in [-0.1, -0.05) is 25.5 Å². The number of nitrogens with zero attached hydrogens (tertiary/aromatic N) is 3. The average Bonchev–Trinajstić information content (AvgIpc) is 2.79. The Labute approximate surface area is 182 Å². The lowest BCUT2D eigenvalue weighted by Gasteiger charge is -2.32. The van der Waals surface area contributed by atoms with E-state index in [2.05, 4.69) is 27.4 Å². The van der Waals surface area contributed by atoms with E-state index in [1.807, 2.05) is 12.1 Å². The van der Waals surface area contributed by atoms with Crippen LogP contribution in [0.25, 0.3) is 0 Å². The molecular formula is C22H37N5O2S. The third-order valence-corrected chi connectivity index (χ3v) is 7.94. The standard InChI is InChI=1S/C22H37N5O2S/c1-3-13-26-16-11-20(12-17-26)25-22(23-2)24-18-19-7-9-21(10-8-19)30(28,29)27-14-5-4-6-15-27/h7-10,20H,3-6,11-18H2,1-2H3,(H2,23,24,25). The first-order valence-electron chi connectivity index (χ1n) is 11.3. The van der Waals surface area contributed by atoms with Gasteiger partial charge in [0.1, 0.15) is 0 Å². The molecule has 2 fully saturated rings. The van der Waals surface area contributed by atoms with Gasteiger partial charge in [-0.2, -0.15) is 4.31 Å². The number of aliphatic imine (C=N–C) groups is 1. The van der Waals surface area contributed by atoms with Crippen LogP contribution in [-0.2, 0) is 16.6 Å². The molecule has 0 atom stereocenters. The highest BCUT2D eigenvalue weighted by molar-refractivity contribution is 7.89. The van der Waals surface area contributed by atoms with E-state index in [4.69, 9.17) is 0 Å². The maximum atomic E-state index is 12.8. The monoisotopic (exact) mass is 435 g/mol. The molecular weight excluding hydrogens is 398 g/mol. The van der Waals surface area contributed by atoms with Crippen LogP contribution in [0.5, 0.6) is 0 Å². The number of guanidine groups is 1. The van der Waals surface area contributed by atoms with E-state index in [9.17, 15) is 8.42 Å². The van der Waals surface area contributed by atoms with Gasteiger partial charge in [0.05, 0.1) is 4.90 Å². The molecule has 2 heterocycles. The van der Waals surface area contributed by atoms with Crippen molar-refractivity contribution in [2.75, 3.05) is 39.8 Å². The number of rotatable bonds is 7. The Balaban J connectivity index is 1.49. The van der Waals surface area contributed by atoms with Gasteiger partial charge in [0.2, 0.25) is 10.0 Å². The van der Waals surface area contributed by atoms with E-state index in [0.717, 1.165) is 56.7 Å². The largest absolute Gasteiger partial charge is 0.354 e. The van der Waals surface area contributed by atoms with Gasteiger partial charge in [-0.25, -0.2) is 8.42 Å². The summed E-state index contributed by atoms with van der Waals surface area (Å²) < 4.78 is 27.2. The summed E-state index contributed by atoms with van der Waals surface area (Å²) in [5.41, 5.74) is 1.04. The minimum absolute atomic E-state index is 0.384. The molecule has 1 aromatic carbocycles. The fraction of sp³-hybridized carbons (Fsp3) is 0.682. The molecule has 2 aliphatic rings. The zero-order chi connectivity index (χ0) is 21.4. The van der Waals surface area contributed by atoms with E-state index in [1.165, 1.54) is 13.0 Å². The van der Waals surface area contributed by atoms with Crippen LogP contribution >= 0.6 is 0 Å². The molecule has 168 valence electrons. The molecule has 2 N–H and O–H groups in total. The summed E-state index contributed by atoms with van der Waals surface area (Å²) in [4.78, 5) is 7.25. The molecule has 3 rings (SSSR count). The lowest BCUT2D eigenvalue weighted by atomic mass is 10.1. The summed E-state index contributed by atoms with van der Waals surface area (Å²) in [5, 5.41) is 6.88. The zero-order valence-corrected chi connectivity index (χ0v) is 19.3. The maximum absolute atomic E-state index is 12.8. The van der Waals surface area contributed by atoms with Gasteiger partial charge in [0.25, 0.3) is 0 Å². The van der Waals surface area contributed by atoms with E-state index < -0.39 is 10.0 Å². The molecule has 0 spiro atoms. The van der Waals surface area contributed by atoms with Crippen molar-refractivity contribution in [1.82, 2.24) is 19.8 Å². The normalized spacial score (nSPS) is 20.3. The highest BCUT2D eigenvalue weighted by Crippen LogP contribution is 2.20. The first-order chi connectivity index (χ1) is 14.5. The Bertz CT molecular complexity index is 780. The van der Waals surface area contributed by atoms with Crippen molar-refractivity contribution in [3.63, 3.8) is 0 Å². The molecule has 1 aromatic rings. The highest BCUT2D eigenvalue weighted by Gasteiger charge is 2.25. The predicted molar refractivity (Wildman–Crippen MR) is 122 cm³/mol. The molecule has 0 radical (unpaired) electrons. The van der Waals surface area contributed by atoms with E-state index >= 15 is 0 Å². The van der Waals surface area contributed by atoms with Gasteiger partial charge in [-0.3, -0.25) is 4.99 Å². The van der Waals surface area contributed by atoms with Crippen molar-refractivity contribution >= 4 is 16.0 Å². The highest BCUT2D eigenvalue weighted by atomic mass is 32.2. The van der Waals surface area contributed by atoms with Gasteiger partial charge in [0, 0.05) is 45.8 Å². The number of nitrogens with one attached hydrogen (secondary N) is 2. The Kier molecular flexibility index (Phi) is 8.53. The molecule has 0 unspecified atom stereocenters. The van der Waals surface area contributed by atoms with Crippen LogP contribution in [0.2, 0.25) is 0 Å². The predicted octanol–water partition coefficient (Wildman–Crippen LogP) is 2.40. The second kappa shape index (κ2) is 11.1. The van der Waals surface area contributed by atoms with Crippen molar-refractivity contribution < 1.29 is 8.42 Å². The smallest absolute Gasteiger partial charge is 0.243 e. The average molecular weight is 436 g/mol. The van der Waals surface area contributed by atoms with Crippen LogP contribution in [0, 0.1) is 0 Å². The van der Waals surface area contributed by atoms with Crippen LogP contribution in [0.4, 0.5) is 0 Å². The van der Waals surface area contributed by atoms with Crippen molar-refractivity contribution in [3.05, 3.63) is 29.8 Å². The third kappa shape index (κ3) is 6.18. The SMILES string of the molecule is CCCN1CCC(NC(=NC)NCc2ccc(S(=O)(=O)N3CCCCC3)cc2)CC1. The fourth-order valence-electron chi connectivity index (χ4n) is 4.22. The van der Waals surface area contributed by atoms with Crippen molar-refractivity contribution in [2.24, 2.45) is 4.99 Å². The lowest BCUT2D eigenvalue weighted by Crippen LogP contribution is -2.48. The Morgan fingerprint density at radius 1 is 1.07 bits per heavy atom. The topological polar surface area (TPSA) is 77.0 Å². The summed E-state index contributed by atoms with van der Waals surface area (Å²) in [5.74, 6) is 0.800. The number of likely N-dealkylation sites (tertiary alicyclic amines) is 1. The third-order valence-electron chi connectivity index (χ3n) is 6.03. The van der Waals surface area contributed by atoms with E-state index in [1.54, 1.807) is 23.5 Å². The summed E-state index contributed by atoms with van der Waals surface area (Å²) in [6.45, 7) is 7.55. The fourth-order valence-corrected chi connectivity index (χ4v) is 5.74. The number of piperidine rings is 2. The molecule has 8 heteroatoms. The second-order valence-electron chi connectivity index (χ2n) is 8.29. The van der Waals surface area contributed by atoms with E-state index in [0.29, 0.717) is 30.6 Å². The maximum Gasteiger partial charge on any atom is 0.243 e. The summed E-state index contributed by atoms with van der Waals surface area (Å²) in [7, 11) is -1.58. The van der Waals surface area contributed by atoms with Crippen molar-refractivity contribution in [3.8, 4) is 0 Å². The Hall–Kier alpha value is -1.64. The molecule has 7 nitrogen and oxygen atoms in total. The van der Waals surface area contributed by atoms with Crippen LogP contribution < -0.4 is 10.6 Å². The number of hydrogen-bond donors (Lipinski definition) is 2. The Morgan fingerprint density at radius 3 is 2.33 bits per heavy atom. The van der Waals surface area contributed by atoms with Crippen molar-refractivity contribution in [2.45, 2.75) is 62.9 Å². The number of hydrogen-bond acceptors (Lipinski definition) is 4. The van der Waals surface area contributed by atoms with Gasteiger partial charge >= 0.3 is 0 Å². The van der Waals surface area contributed by atoms with Crippen LogP contribution in [0.1, 0.15) is 51.0 Å². The minimum atomic E-state index is -3.37. The quantitative estimate of drug-likeness (QED) is 0.508. The Morgan fingerprint density at radius 2 is 1.73 bits per heavy atom. The molecule has 30 heavy (non-hydrogen) atoms. The van der Waals surface area contributed by atoms with Crippen molar-refractivity contribution in [1.29, 1.82) is 0 Å². The molecule has 0 aliphatic carbocycles. The summed E-state index contributed by atoms with van der Waals surface area (Å²) in [6, 6.07) is 7.67. The van der Waals surface area contributed by atoms with Gasteiger partial charge in [0.15, 0.2) is 5.96 Å². The van der Waals surface area contributed by atoms with Crippen LogP contribution in [-0.4, -0.2) is 69.4 Å². The summed E-state index contributed by atoms with van der Waals surface area (Å²) >= 11 is 0. The summed E-state index contributed by atoms with van der Waals surface area (Å²) in [6.07, 6.45) is 6.48. The second-order valence-corrected chi connectivity index (χ2v) is 10.2. The number of sulfonamides is 1. The molecule has 0 bridgehead atoms. The van der Waals surface area contributed by atoms with Gasteiger partial charge in [-0.05, 0) is 56.3 Å². The molecule has 0 aromatic heterocycles. The van der Waals surface area contributed by atoms with Gasteiger partial charge in [-0.15, -0.1) is 0 Å². The molecule has 2 saturated heterocycles. The van der Waals surface area contributed by atoms with Crippen LogP contribution in [0.3, 0.4) is 0 Å². The first kappa shape index (κ1) is 23.0.